The Hall–Kier alpha value is -2.69. The summed E-state index contributed by atoms with van der Waals surface area (Å²) in [5.74, 6) is 3.53. The van der Waals surface area contributed by atoms with Crippen molar-refractivity contribution in [1.82, 2.24) is 14.6 Å². The first-order valence-corrected chi connectivity index (χ1v) is 10.9. The summed E-state index contributed by atoms with van der Waals surface area (Å²) in [5, 5.41) is 11.8. The Morgan fingerprint density at radius 2 is 1.66 bits per heavy atom. The minimum absolute atomic E-state index is 0.103. The van der Waals surface area contributed by atoms with Gasteiger partial charge in [0.15, 0.2) is 5.65 Å². The number of carbonyl (C=O) groups excluding carboxylic acids is 1. The summed E-state index contributed by atoms with van der Waals surface area (Å²) < 4.78 is 2.02. The van der Waals surface area contributed by atoms with Crippen LogP contribution in [0, 0.1) is 23.2 Å². The number of nitrogens with one attached hydrogen (secondary N) is 1. The third-order valence-electron chi connectivity index (χ3n) is 7.48. The van der Waals surface area contributed by atoms with Gasteiger partial charge in [0, 0.05) is 18.3 Å². The Labute approximate surface area is 170 Å². The number of hydrogen-bond donors (Lipinski definition) is 1. The maximum Gasteiger partial charge on any atom is 0.230 e. The number of carbonyl (C=O) groups is 1. The summed E-state index contributed by atoms with van der Waals surface area (Å²) in [6.45, 7) is 0. The van der Waals surface area contributed by atoms with Crippen LogP contribution in [0.3, 0.4) is 0 Å². The number of amides is 1. The standard InChI is InChI=1S/C24H26N4O/c29-23(24-13-17-9-18(14-24)11-19(10-17)15-24)25-20-6-4-16(5-7-20)12-22-27-26-21-3-1-2-8-28(21)22/h1-8,17-19H,9-15H2,(H,25,29). The lowest BCUT2D eigenvalue weighted by Crippen LogP contribution is -2.51. The molecule has 0 atom stereocenters. The molecule has 5 nitrogen and oxygen atoms in total. The second-order valence-corrected chi connectivity index (χ2v) is 9.57. The maximum absolute atomic E-state index is 13.2. The van der Waals surface area contributed by atoms with Crippen LogP contribution in [-0.4, -0.2) is 20.5 Å². The molecule has 4 aliphatic carbocycles. The fourth-order valence-corrected chi connectivity index (χ4v) is 6.55. The van der Waals surface area contributed by atoms with Gasteiger partial charge in [0.1, 0.15) is 5.82 Å². The van der Waals surface area contributed by atoms with E-state index in [1.807, 2.05) is 40.9 Å². The molecule has 0 radical (unpaired) electrons. The molecule has 0 saturated heterocycles. The molecule has 2 aromatic heterocycles. The number of rotatable bonds is 4. The van der Waals surface area contributed by atoms with Crippen LogP contribution in [0.4, 0.5) is 5.69 Å². The summed E-state index contributed by atoms with van der Waals surface area (Å²) in [7, 11) is 0. The average molecular weight is 386 g/mol. The van der Waals surface area contributed by atoms with Crippen LogP contribution in [-0.2, 0) is 11.2 Å². The second-order valence-electron chi connectivity index (χ2n) is 9.57. The molecule has 148 valence electrons. The van der Waals surface area contributed by atoms with Gasteiger partial charge in [-0.3, -0.25) is 9.20 Å². The predicted octanol–water partition coefficient (Wildman–Crippen LogP) is 4.48. The number of nitrogens with zero attached hydrogens (tertiary/aromatic N) is 3. The van der Waals surface area contributed by atoms with E-state index in [4.69, 9.17) is 0 Å². The Kier molecular flexibility index (Phi) is 3.80. The van der Waals surface area contributed by atoms with E-state index in [2.05, 4.69) is 27.6 Å². The van der Waals surface area contributed by atoms with E-state index in [1.54, 1.807) is 0 Å². The van der Waals surface area contributed by atoms with E-state index in [0.29, 0.717) is 6.42 Å². The van der Waals surface area contributed by atoms with Crippen molar-refractivity contribution in [2.24, 2.45) is 23.2 Å². The number of fused-ring (bicyclic) bond motifs is 1. The van der Waals surface area contributed by atoms with E-state index in [0.717, 1.165) is 59.7 Å². The first-order valence-electron chi connectivity index (χ1n) is 10.9. The quantitative estimate of drug-likeness (QED) is 0.719. The zero-order valence-electron chi connectivity index (χ0n) is 16.6. The first kappa shape index (κ1) is 17.2. The lowest BCUT2D eigenvalue weighted by atomic mass is 9.49. The van der Waals surface area contributed by atoms with Gasteiger partial charge in [-0.05, 0) is 86.1 Å². The molecule has 4 saturated carbocycles. The molecule has 1 amide bonds. The highest BCUT2D eigenvalue weighted by Gasteiger charge is 2.54. The Bertz CT molecular complexity index is 1030. The van der Waals surface area contributed by atoms with Crippen molar-refractivity contribution in [3.8, 4) is 0 Å². The molecule has 5 heteroatoms. The maximum atomic E-state index is 13.2. The predicted molar refractivity (Wildman–Crippen MR) is 111 cm³/mol. The lowest BCUT2D eigenvalue weighted by molar-refractivity contribution is -0.140. The highest BCUT2D eigenvalue weighted by Crippen LogP contribution is 2.60. The van der Waals surface area contributed by atoms with Crippen LogP contribution in [0.5, 0.6) is 0 Å². The summed E-state index contributed by atoms with van der Waals surface area (Å²) in [6.07, 6.45) is 10.1. The van der Waals surface area contributed by atoms with Gasteiger partial charge in [-0.2, -0.15) is 0 Å². The zero-order valence-corrected chi connectivity index (χ0v) is 16.6. The van der Waals surface area contributed by atoms with Crippen molar-refractivity contribution in [2.45, 2.75) is 44.9 Å². The third kappa shape index (κ3) is 2.95. The topological polar surface area (TPSA) is 59.3 Å². The van der Waals surface area contributed by atoms with Crippen molar-refractivity contribution < 1.29 is 4.79 Å². The SMILES string of the molecule is O=C(Nc1ccc(Cc2nnc3ccccn23)cc1)C12CC3CC(CC(C3)C1)C2. The summed E-state index contributed by atoms with van der Waals surface area (Å²) >= 11 is 0. The lowest BCUT2D eigenvalue weighted by Gasteiger charge is -2.55. The van der Waals surface area contributed by atoms with Gasteiger partial charge in [0.2, 0.25) is 5.91 Å². The third-order valence-corrected chi connectivity index (χ3v) is 7.48. The minimum Gasteiger partial charge on any atom is -0.326 e. The van der Waals surface area contributed by atoms with E-state index in [9.17, 15) is 4.79 Å². The monoisotopic (exact) mass is 386 g/mol. The first-order chi connectivity index (χ1) is 14.2. The molecule has 4 bridgehead atoms. The molecule has 0 spiro atoms. The fourth-order valence-electron chi connectivity index (χ4n) is 6.55. The normalized spacial score (nSPS) is 30.0. The van der Waals surface area contributed by atoms with Gasteiger partial charge in [0.25, 0.3) is 0 Å². The largest absolute Gasteiger partial charge is 0.326 e. The second kappa shape index (κ2) is 6.41. The van der Waals surface area contributed by atoms with Crippen LogP contribution in [0.2, 0.25) is 0 Å². The molecule has 1 aromatic carbocycles. The van der Waals surface area contributed by atoms with Gasteiger partial charge < -0.3 is 5.32 Å². The number of aromatic nitrogens is 3. The Morgan fingerprint density at radius 3 is 2.34 bits per heavy atom. The van der Waals surface area contributed by atoms with E-state index in [1.165, 1.54) is 19.3 Å². The number of hydrogen-bond acceptors (Lipinski definition) is 3. The molecule has 2 heterocycles. The molecule has 4 fully saturated rings. The average Bonchev–Trinajstić information content (AvgIpc) is 3.11. The molecule has 29 heavy (non-hydrogen) atoms. The molecular weight excluding hydrogens is 360 g/mol. The minimum atomic E-state index is -0.103. The summed E-state index contributed by atoms with van der Waals surface area (Å²) in [4.78, 5) is 13.2. The van der Waals surface area contributed by atoms with Crippen molar-refractivity contribution in [3.63, 3.8) is 0 Å². The van der Waals surface area contributed by atoms with Gasteiger partial charge >= 0.3 is 0 Å². The van der Waals surface area contributed by atoms with Gasteiger partial charge in [-0.25, -0.2) is 0 Å². The molecule has 4 aliphatic rings. The van der Waals surface area contributed by atoms with Crippen molar-refractivity contribution in [1.29, 1.82) is 0 Å². The zero-order chi connectivity index (χ0) is 19.4. The Morgan fingerprint density at radius 1 is 0.966 bits per heavy atom. The highest BCUT2D eigenvalue weighted by molar-refractivity contribution is 5.95. The molecule has 7 rings (SSSR count). The van der Waals surface area contributed by atoms with Gasteiger partial charge in [-0.1, -0.05) is 18.2 Å². The Balaban J connectivity index is 1.16. The molecular formula is C24H26N4O. The summed E-state index contributed by atoms with van der Waals surface area (Å²) in [6, 6.07) is 14.1. The fraction of sp³-hybridized carbons (Fsp3) is 0.458. The van der Waals surface area contributed by atoms with E-state index < -0.39 is 0 Å². The van der Waals surface area contributed by atoms with E-state index in [-0.39, 0.29) is 11.3 Å². The van der Waals surface area contributed by atoms with Crippen molar-refractivity contribution in [3.05, 3.63) is 60.0 Å². The van der Waals surface area contributed by atoms with Gasteiger partial charge in [-0.15, -0.1) is 10.2 Å². The molecule has 0 aliphatic heterocycles. The van der Waals surface area contributed by atoms with Crippen LogP contribution in [0.25, 0.3) is 5.65 Å². The van der Waals surface area contributed by atoms with Crippen LogP contribution < -0.4 is 5.32 Å². The number of benzene rings is 1. The van der Waals surface area contributed by atoms with Crippen molar-refractivity contribution >= 4 is 17.2 Å². The molecule has 1 N–H and O–H groups in total. The number of anilines is 1. The van der Waals surface area contributed by atoms with Crippen LogP contribution in [0.1, 0.15) is 49.9 Å². The summed E-state index contributed by atoms with van der Waals surface area (Å²) in [5.41, 5.74) is 2.83. The smallest absolute Gasteiger partial charge is 0.230 e. The van der Waals surface area contributed by atoms with Crippen LogP contribution >= 0.6 is 0 Å². The van der Waals surface area contributed by atoms with E-state index >= 15 is 0 Å². The van der Waals surface area contributed by atoms with Crippen molar-refractivity contribution in [2.75, 3.05) is 5.32 Å². The number of pyridine rings is 1. The van der Waals surface area contributed by atoms with Crippen LogP contribution in [0.15, 0.2) is 48.7 Å². The molecule has 0 unspecified atom stereocenters. The highest BCUT2D eigenvalue weighted by atomic mass is 16.2. The molecule has 3 aromatic rings. The van der Waals surface area contributed by atoms with Gasteiger partial charge in [0.05, 0.1) is 5.41 Å².